The Hall–Kier alpha value is -3.88. The zero-order valence-corrected chi connectivity index (χ0v) is 16.7. The SMILES string of the molecule is NC(=O)c1cc([C@@H]2CCCN(C(=O)Nc3ccccc3Oc3cccc(F)c3)C2)[nH]n1. The number of likely N-dealkylation sites (tertiary alicyclic amines) is 1. The average molecular weight is 423 g/mol. The number of aromatic amines is 1. The van der Waals surface area contributed by atoms with Crippen LogP contribution in [-0.2, 0) is 0 Å². The first-order valence-electron chi connectivity index (χ1n) is 9.93. The molecule has 1 atom stereocenters. The summed E-state index contributed by atoms with van der Waals surface area (Å²) in [4.78, 5) is 25.9. The summed E-state index contributed by atoms with van der Waals surface area (Å²) in [5.74, 6) is -0.225. The highest BCUT2D eigenvalue weighted by Gasteiger charge is 2.27. The number of H-pyrrole nitrogens is 1. The number of nitrogens with one attached hydrogen (secondary N) is 2. The van der Waals surface area contributed by atoms with Crippen molar-refractivity contribution in [3.63, 3.8) is 0 Å². The van der Waals surface area contributed by atoms with E-state index in [0.717, 1.165) is 18.5 Å². The number of piperidine rings is 1. The van der Waals surface area contributed by atoms with Crippen LogP contribution in [0.2, 0.25) is 0 Å². The Labute approximate surface area is 178 Å². The molecule has 3 amide bonds. The Morgan fingerprint density at radius 3 is 2.81 bits per heavy atom. The zero-order valence-electron chi connectivity index (χ0n) is 16.7. The van der Waals surface area contributed by atoms with E-state index in [9.17, 15) is 14.0 Å². The van der Waals surface area contributed by atoms with Gasteiger partial charge in [0.1, 0.15) is 17.3 Å². The Kier molecular flexibility index (Phi) is 5.83. The Bertz CT molecular complexity index is 1100. The number of benzene rings is 2. The summed E-state index contributed by atoms with van der Waals surface area (Å²) in [6, 6.07) is 14.2. The predicted octanol–water partition coefficient (Wildman–Crippen LogP) is 3.85. The lowest BCUT2D eigenvalue weighted by Crippen LogP contribution is -2.41. The van der Waals surface area contributed by atoms with Gasteiger partial charge in [0, 0.05) is 30.8 Å². The summed E-state index contributed by atoms with van der Waals surface area (Å²) >= 11 is 0. The van der Waals surface area contributed by atoms with E-state index in [1.54, 1.807) is 47.4 Å². The number of carbonyl (C=O) groups excluding carboxylic acids is 2. The van der Waals surface area contributed by atoms with Crippen molar-refractivity contribution in [3.8, 4) is 11.5 Å². The molecule has 0 bridgehead atoms. The number of rotatable bonds is 5. The van der Waals surface area contributed by atoms with Crippen molar-refractivity contribution >= 4 is 17.6 Å². The number of para-hydroxylation sites is 2. The van der Waals surface area contributed by atoms with Gasteiger partial charge in [0.15, 0.2) is 5.75 Å². The van der Waals surface area contributed by atoms with Crippen LogP contribution in [0.5, 0.6) is 11.5 Å². The number of urea groups is 1. The molecule has 1 aliphatic heterocycles. The van der Waals surface area contributed by atoms with E-state index in [0.29, 0.717) is 30.3 Å². The molecular formula is C22H22FN5O3. The number of carbonyl (C=O) groups is 2. The summed E-state index contributed by atoms with van der Waals surface area (Å²) in [5.41, 5.74) is 6.71. The molecule has 8 nitrogen and oxygen atoms in total. The number of nitrogens with two attached hydrogens (primary N) is 1. The first kappa shape index (κ1) is 20.4. The number of primary amides is 1. The van der Waals surface area contributed by atoms with Crippen LogP contribution in [0.1, 0.15) is 34.9 Å². The van der Waals surface area contributed by atoms with Crippen molar-refractivity contribution in [3.05, 3.63) is 71.8 Å². The monoisotopic (exact) mass is 423 g/mol. The molecule has 1 aromatic heterocycles. The minimum absolute atomic E-state index is 0.0267. The van der Waals surface area contributed by atoms with Crippen LogP contribution in [0.25, 0.3) is 0 Å². The highest BCUT2D eigenvalue weighted by Crippen LogP contribution is 2.31. The second kappa shape index (κ2) is 8.86. The van der Waals surface area contributed by atoms with Gasteiger partial charge in [-0.2, -0.15) is 5.10 Å². The summed E-state index contributed by atoms with van der Waals surface area (Å²) in [6.07, 6.45) is 1.67. The minimum Gasteiger partial charge on any atom is -0.455 e. The van der Waals surface area contributed by atoms with E-state index in [1.807, 2.05) is 0 Å². The average Bonchev–Trinajstić information content (AvgIpc) is 3.26. The van der Waals surface area contributed by atoms with Crippen molar-refractivity contribution < 1.29 is 18.7 Å². The second-order valence-electron chi connectivity index (χ2n) is 7.34. The topological polar surface area (TPSA) is 113 Å². The van der Waals surface area contributed by atoms with Crippen molar-refractivity contribution in [2.75, 3.05) is 18.4 Å². The standard InChI is InChI=1S/C22H22FN5O3/c23-15-6-3-7-16(11-15)31-20-9-2-1-8-17(20)25-22(30)28-10-4-5-14(13-28)18-12-19(21(24)29)27-26-18/h1-3,6-9,11-12,14H,4-5,10,13H2,(H2,24,29)(H,25,30)(H,26,27)/t14-/m1/s1. The Morgan fingerprint density at radius 2 is 2.03 bits per heavy atom. The van der Waals surface area contributed by atoms with Gasteiger partial charge < -0.3 is 20.7 Å². The highest BCUT2D eigenvalue weighted by molar-refractivity contribution is 5.91. The highest BCUT2D eigenvalue weighted by atomic mass is 19.1. The fraction of sp³-hybridized carbons (Fsp3) is 0.227. The van der Waals surface area contributed by atoms with Crippen LogP contribution < -0.4 is 15.8 Å². The number of aromatic nitrogens is 2. The number of anilines is 1. The van der Waals surface area contributed by atoms with Gasteiger partial charge in [0.05, 0.1) is 5.69 Å². The van der Waals surface area contributed by atoms with Crippen molar-refractivity contribution in [2.45, 2.75) is 18.8 Å². The lowest BCUT2D eigenvalue weighted by Gasteiger charge is -2.32. The molecule has 160 valence electrons. The number of amides is 3. The van der Waals surface area contributed by atoms with Gasteiger partial charge >= 0.3 is 6.03 Å². The molecule has 1 saturated heterocycles. The number of ether oxygens (including phenoxy) is 1. The number of nitrogens with zero attached hydrogens (tertiary/aromatic N) is 2. The molecule has 2 aromatic carbocycles. The summed E-state index contributed by atoms with van der Waals surface area (Å²) in [5, 5.41) is 9.65. The van der Waals surface area contributed by atoms with E-state index in [4.69, 9.17) is 10.5 Å². The lowest BCUT2D eigenvalue weighted by molar-refractivity contribution is 0.0995. The molecule has 4 N–H and O–H groups in total. The van der Waals surface area contributed by atoms with Crippen LogP contribution >= 0.6 is 0 Å². The molecule has 9 heteroatoms. The van der Waals surface area contributed by atoms with Crippen LogP contribution in [0.3, 0.4) is 0 Å². The van der Waals surface area contributed by atoms with Gasteiger partial charge in [-0.25, -0.2) is 9.18 Å². The van der Waals surface area contributed by atoms with Crippen molar-refractivity contribution in [1.29, 1.82) is 0 Å². The van der Waals surface area contributed by atoms with E-state index < -0.39 is 11.7 Å². The van der Waals surface area contributed by atoms with E-state index in [-0.39, 0.29) is 17.6 Å². The largest absolute Gasteiger partial charge is 0.455 e. The van der Waals surface area contributed by atoms with E-state index in [1.165, 1.54) is 12.1 Å². The smallest absolute Gasteiger partial charge is 0.321 e. The van der Waals surface area contributed by atoms with Crippen LogP contribution in [-0.4, -0.2) is 40.1 Å². The number of hydrogen-bond acceptors (Lipinski definition) is 4. The molecule has 0 spiro atoms. The summed E-state index contributed by atoms with van der Waals surface area (Å²) in [6.45, 7) is 1.07. The van der Waals surface area contributed by atoms with Crippen LogP contribution in [0.4, 0.5) is 14.9 Å². The summed E-state index contributed by atoms with van der Waals surface area (Å²) in [7, 11) is 0. The second-order valence-corrected chi connectivity index (χ2v) is 7.34. The van der Waals surface area contributed by atoms with Gasteiger partial charge in [-0.15, -0.1) is 0 Å². The van der Waals surface area contributed by atoms with Crippen molar-refractivity contribution in [2.24, 2.45) is 5.73 Å². The zero-order chi connectivity index (χ0) is 21.8. The first-order chi connectivity index (χ1) is 15.0. The fourth-order valence-corrected chi connectivity index (χ4v) is 3.60. The van der Waals surface area contributed by atoms with E-state index >= 15 is 0 Å². The van der Waals surface area contributed by atoms with Crippen LogP contribution in [0.15, 0.2) is 54.6 Å². The molecule has 0 aliphatic carbocycles. The normalized spacial score (nSPS) is 16.0. The molecule has 1 fully saturated rings. The number of halogens is 1. The van der Waals surface area contributed by atoms with Gasteiger partial charge in [0.25, 0.3) is 5.91 Å². The van der Waals surface area contributed by atoms with Gasteiger partial charge in [0.2, 0.25) is 0 Å². The molecule has 0 saturated carbocycles. The minimum atomic E-state index is -0.595. The third kappa shape index (κ3) is 4.82. The predicted molar refractivity (Wildman–Crippen MR) is 113 cm³/mol. The van der Waals surface area contributed by atoms with Gasteiger partial charge in [-0.05, 0) is 43.2 Å². The molecular weight excluding hydrogens is 401 g/mol. The number of hydrogen-bond donors (Lipinski definition) is 3. The molecule has 3 aromatic rings. The first-order valence-corrected chi connectivity index (χ1v) is 9.93. The molecule has 0 unspecified atom stereocenters. The molecule has 4 rings (SSSR count). The van der Waals surface area contributed by atoms with E-state index in [2.05, 4.69) is 15.5 Å². The quantitative estimate of drug-likeness (QED) is 0.578. The maximum Gasteiger partial charge on any atom is 0.321 e. The molecule has 31 heavy (non-hydrogen) atoms. The lowest BCUT2D eigenvalue weighted by atomic mass is 9.95. The maximum atomic E-state index is 13.5. The van der Waals surface area contributed by atoms with Crippen LogP contribution in [0, 0.1) is 5.82 Å². The van der Waals surface area contributed by atoms with Gasteiger partial charge in [-0.1, -0.05) is 18.2 Å². The fourth-order valence-electron chi connectivity index (χ4n) is 3.60. The Morgan fingerprint density at radius 1 is 1.19 bits per heavy atom. The van der Waals surface area contributed by atoms with Crippen molar-refractivity contribution in [1.82, 2.24) is 15.1 Å². The third-order valence-corrected chi connectivity index (χ3v) is 5.15. The molecule has 1 aliphatic rings. The third-order valence-electron chi connectivity index (χ3n) is 5.15. The molecule has 2 heterocycles. The Balaban J connectivity index is 1.45. The maximum absolute atomic E-state index is 13.5. The summed E-state index contributed by atoms with van der Waals surface area (Å²) < 4.78 is 19.2. The molecule has 0 radical (unpaired) electrons. The van der Waals surface area contributed by atoms with Gasteiger partial charge in [-0.3, -0.25) is 9.89 Å².